The molecular formula is C26H27N5O. The molecule has 0 saturated carbocycles. The molecule has 2 bridgehead atoms. The van der Waals surface area contributed by atoms with E-state index in [1.54, 1.807) is 12.5 Å². The van der Waals surface area contributed by atoms with Crippen LogP contribution in [0, 0.1) is 5.92 Å². The number of carbonyl (C=O) groups is 1. The second-order valence-corrected chi connectivity index (χ2v) is 9.21. The third kappa shape index (κ3) is 3.40. The number of benzene rings is 1. The summed E-state index contributed by atoms with van der Waals surface area (Å²) in [6, 6.07) is 12.9. The van der Waals surface area contributed by atoms with Gasteiger partial charge in [0, 0.05) is 55.2 Å². The van der Waals surface area contributed by atoms with E-state index in [0.717, 1.165) is 43.2 Å². The SMILES string of the molecule is O=C(c1ccccc1Cn1ccnc1)N1C2CCC1CC(Cc1nccn3cccc13)C2. The van der Waals surface area contributed by atoms with Gasteiger partial charge in [0.2, 0.25) is 0 Å². The summed E-state index contributed by atoms with van der Waals surface area (Å²) in [4.78, 5) is 24.7. The molecule has 2 fully saturated rings. The molecule has 162 valence electrons. The molecular weight excluding hydrogens is 398 g/mol. The summed E-state index contributed by atoms with van der Waals surface area (Å²) in [7, 11) is 0. The van der Waals surface area contributed by atoms with Gasteiger partial charge in [-0.25, -0.2) is 4.98 Å². The molecule has 5 heterocycles. The largest absolute Gasteiger partial charge is 0.333 e. The molecule has 2 saturated heterocycles. The van der Waals surface area contributed by atoms with Crippen LogP contribution < -0.4 is 0 Å². The highest BCUT2D eigenvalue weighted by Crippen LogP contribution is 2.41. The molecule has 2 atom stereocenters. The highest BCUT2D eigenvalue weighted by atomic mass is 16.2. The van der Waals surface area contributed by atoms with Crippen LogP contribution in [0.4, 0.5) is 0 Å². The second kappa shape index (κ2) is 7.93. The molecule has 0 radical (unpaired) electrons. The molecule has 6 rings (SSSR count). The Hall–Kier alpha value is -3.41. The molecule has 4 aromatic rings. The van der Waals surface area contributed by atoms with Gasteiger partial charge in [-0.1, -0.05) is 18.2 Å². The summed E-state index contributed by atoms with van der Waals surface area (Å²) in [5.74, 6) is 0.768. The van der Waals surface area contributed by atoms with E-state index in [9.17, 15) is 4.79 Å². The van der Waals surface area contributed by atoms with Crippen molar-refractivity contribution < 1.29 is 4.79 Å². The van der Waals surface area contributed by atoms with Gasteiger partial charge in [0.1, 0.15) is 0 Å². The summed E-state index contributed by atoms with van der Waals surface area (Å²) >= 11 is 0. The number of hydrogen-bond donors (Lipinski definition) is 0. The topological polar surface area (TPSA) is 55.4 Å². The molecule has 6 nitrogen and oxygen atoms in total. The number of rotatable bonds is 5. The van der Waals surface area contributed by atoms with Crippen molar-refractivity contribution in [2.45, 2.75) is 50.7 Å². The number of hydrogen-bond acceptors (Lipinski definition) is 3. The third-order valence-electron chi connectivity index (χ3n) is 7.24. The smallest absolute Gasteiger partial charge is 0.254 e. The van der Waals surface area contributed by atoms with Crippen LogP contribution in [0.15, 0.2) is 73.7 Å². The summed E-state index contributed by atoms with van der Waals surface area (Å²) in [5.41, 5.74) is 4.26. The van der Waals surface area contributed by atoms with Crippen LogP contribution in [0.2, 0.25) is 0 Å². The van der Waals surface area contributed by atoms with Crippen molar-refractivity contribution in [2.75, 3.05) is 0 Å². The van der Waals surface area contributed by atoms with E-state index < -0.39 is 0 Å². The molecule has 1 amide bonds. The van der Waals surface area contributed by atoms with Crippen LogP contribution >= 0.6 is 0 Å². The minimum atomic E-state index is 0.193. The van der Waals surface area contributed by atoms with Gasteiger partial charge in [-0.2, -0.15) is 0 Å². The van der Waals surface area contributed by atoms with E-state index >= 15 is 0 Å². The van der Waals surface area contributed by atoms with Crippen molar-refractivity contribution in [3.05, 3.63) is 90.5 Å². The van der Waals surface area contributed by atoms with E-state index in [1.165, 1.54) is 11.2 Å². The van der Waals surface area contributed by atoms with Gasteiger partial charge in [0.05, 0.1) is 17.5 Å². The monoisotopic (exact) mass is 425 g/mol. The van der Waals surface area contributed by atoms with Crippen molar-refractivity contribution in [2.24, 2.45) is 5.92 Å². The predicted molar refractivity (Wildman–Crippen MR) is 122 cm³/mol. The minimum absolute atomic E-state index is 0.193. The van der Waals surface area contributed by atoms with Crippen LogP contribution in [-0.4, -0.2) is 41.8 Å². The van der Waals surface area contributed by atoms with E-state index in [0.29, 0.717) is 24.5 Å². The van der Waals surface area contributed by atoms with Crippen LogP contribution in [0.25, 0.3) is 5.52 Å². The minimum Gasteiger partial charge on any atom is -0.333 e. The average Bonchev–Trinajstić information content (AvgIpc) is 3.54. The van der Waals surface area contributed by atoms with Crippen LogP contribution in [0.5, 0.6) is 0 Å². The van der Waals surface area contributed by atoms with Gasteiger partial charge in [-0.3, -0.25) is 9.78 Å². The van der Waals surface area contributed by atoms with Crippen LogP contribution in [0.1, 0.15) is 47.3 Å². The molecule has 0 spiro atoms. The first-order chi connectivity index (χ1) is 15.8. The zero-order valence-electron chi connectivity index (χ0n) is 18.0. The maximum atomic E-state index is 13.7. The van der Waals surface area contributed by atoms with E-state index in [1.807, 2.05) is 41.4 Å². The standard InChI is InChI=1S/C26H27N5O/c32-26(23-5-2-1-4-20(23)17-29-12-9-27-18-29)31-21-7-8-22(31)15-19(14-21)16-24-25-6-3-11-30(25)13-10-28-24/h1-6,9-13,18-19,21-22H,7-8,14-17H2. The quantitative estimate of drug-likeness (QED) is 0.481. The number of piperidine rings is 1. The number of fused-ring (bicyclic) bond motifs is 3. The van der Waals surface area contributed by atoms with E-state index in [-0.39, 0.29) is 5.91 Å². The van der Waals surface area contributed by atoms with E-state index in [4.69, 9.17) is 0 Å². The molecule has 2 aliphatic rings. The Labute approximate surface area is 187 Å². The predicted octanol–water partition coefficient (Wildman–Crippen LogP) is 4.21. The Morgan fingerprint density at radius 1 is 0.969 bits per heavy atom. The van der Waals surface area contributed by atoms with Gasteiger partial charge >= 0.3 is 0 Å². The van der Waals surface area contributed by atoms with Gasteiger partial charge in [-0.05, 0) is 61.8 Å². The number of carbonyl (C=O) groups excluding carboxylic acids is 1. The van der Waals surface area contributed by atoms with Crippen LogP contribution in [0.3, 0.4) is 0 Å². The van der Waals surface area contributed by atoms with Gasteiger partial charge in [0.25, 0.3) is 5.91 Å². The summed E-state index contributed by atoms with van der Waals surface area (Å²) < 4.78 is 4.16. The zero-order chi connectivity index (χ0) is 21.5. The normalized spacial score (nSPS) is 22.5. The lowest BCUT2D eigenvalue weighted by atomic mass is 9.86. The highest BCUT2D eigenvalue weighted by Gasteiger charge is 2.43. The van der Waals surface area contributed by atoms with Crippen molar-refractivity contribution in [1.29, 1.82) is 0 Å². The Morgan fingerprint density at radius 2 is 1.81 bits per heavy atom. The van der Waals surface area contributed by atoms with Crippen molar-refractivity contribution in [3.8, 4) is 0 Å². The molecule has 0 aliphatic carbocycles. The first kappa shape index (κ1) is 19.3. The maximum Gasteiger partial charge on any atom is 0.254 e. The summed E-state index contributed by atoms with van der Waals surface area (Å²) in [6.07, 6.45) is 16.8. The molecule has 0 N–H and O–H groups in total. The Bertz CT molecular complexity index is 1230. The van der Waals surface area contributed by atoms with Crippen molar-refractivity contribution >= 4 is 11.4 Å². The Morgan fingerprint density at radius 3 is 2.62 bits per heavy atom. The lowest BCUT2D eigenvalue weighted by molar-refractivity contribution is 0.0523. The number of imidazole rings is 1. The molecule has 6 heteroatoms. The Balaban J connectivity index is 1.21. The average molecular weight is 426 g/mol. The van der Waals surface area contributed by atoms with Gasteiger partial charge < -0.3 is 13.9 Å². The highest BCUT2D eigenvalue weighted by molar-refractivity contribution is 5.96. The number of aromatic nitrogens is 4. The maximum absolute atomic E-state index is 13.7. The molecule has 2 unspecified atom stereocenters. The van der Waals surface area contributed by atoms with Gasteiger partial charge in [-0.15, -0.1) is 0 Å². The molecule has 3 aromatic heterocycles. The number of nitrogens with zero attached hydrogens (tertiary/aromatic N) is 5. The molecule has 32 heavy (non-hydrogen) atoms. The first-order valence-corrected chi connectivity index (χ1v) is 11.5. The summed E-state index contributed by atoms with van der Waals surface area (Å²) in [5, 5.41) is 0. The molecule has 1 aromatic carbocycles. The van der Waals surface area contributed by atoms with Crippen molar-refractivity contribution in [3.63, 3.8) is 0 Å². The second-order valence-electron chi connectivity index (χ2n) is 9.21. The summed E-state index contributed by atoms with van der Waals surface area (Å²) in [6.45, 7) is 0.667. The fourth-order valence-corrected chi connectivity index (χ4v) is 5.83. The van der Waals surface area contributed by atoms with Crippen molar-refractivity contribution in [1.82, 2.24) is 23.8 Å². The molecule has 2 aliphatic heterocycles. The zero-order valence-corrected chi connectivity index (χ0v) is 18.0. The third-order valence-corrected chi connectivity index (χ3v) is 7.24. The fraction of sp³-hybridized carbons (Fsp3) is 0.346. The lowest BCUT2D eigenvalue weighted by Gasteiger charge is -2.39. The first-order valence-electron chi connectivity index (χ1n) is 11.5. The van der Waals surface area contributed by atoms with E-state index in [2.05, 4.69) is 43.7 Å². The Kier molecular flexibility index (Phi) is 4.78. The lowest BCUT2D eigenvalue weighted by Crippen LogP contribution is -2.47. The fourth-order valence-electron chi connectivity index (χ4n) is 5.83. The van der Waals surface area contributed by atoms with Crippen LogP contribution in [-0.2, 0) is 13.0 Å². The number of amides is 1. The van der Waals surface area contributed by atoms with Gasteiger partial charge in [0.15, 0.2) is 0 Å².